The lowest BCUT2D eigenvalue weighted by atomic mass is 9.35. The molecule has 2 aliphatic heterocycles. The van der Waals surface area contributed by atoms with E-state index in [0.717, 1.165) is 31.3 Å². The molecule has 14 heteroatoms. The van der Waals surface area contributed by atoms with Crippen LogP contribution in [-0.4, -0.2) is 151 Å². The van der Waals surface area contributed by atoms with E-state index in [0.29, 0.717) is 25.7 Å². The molecule has 0 unspecified atom stereocenters. The van der Waals surface area contributed by atoms with Crippen molar-refractivity contribution in [2.75, 3.05) is 19.8 Å². The van der Waals surface area contributed by atoms with Crippen molar-refractivity contribution in [1.82, 2.24) is 0 Å². The Morgan fingerprint density at radius 1 is 0.709 bits per heavy atom. The minimum absolute atomic E-state index is 0.0517. The Kier molecular flexibility index (Phi) is 11.3. The van der Waals surface area contributed by atoms with Crippen molar-refractivity contribution < 1.29 is 70.0 Å². The molecule has 0 radical (unpaired) electrons. The third kappa shape index (κ3) is 6.43. The number of allylic oxidation sites excluding steroid dienone is 1. The van der Waals surface area contributed by atoms with Crippen molar-refractivity contribution >= 4 is 0 Å². The zero-order chi connectivity index (χ0) is 40.2. The van der Waals surface area contributed by atoms with E-state index in [4.69, 9.17) is 18.9 Å². The molecule has 14 nitrogen and oxygen atoms in total. The van der Waals surface area contributed by atoms with Gasteiger partial charge in [-0.15, -0.1) is 0 Å². The van der Waals surface area contributed by atoms with Crippen molar-refractivity contribution in [1.29, 1.82) is 0 Å². The van der Waals surface area contributed by atoms with Gasteiger partial charge < -0.3 is 70.0 Å². The Labute approximate surface area is 324 Å². The van der Waals surface area contributed by atoms with E-state index in [1.807, 2.05) is 6.92 Å². The predicted octanol–water partition coefficient (Wildman–Crippen LogP) is 0.341. The first-order valence-electron chi connectivity index (χ1n) is 20.7. The number of aliphatic hydroxyl groups excluding tert-OH is 10. The highest BCUT2D eigenvalue weighted by atomic mass is 16.7. The lowest BCUT2D eigenvalue weighted by Crippen LogP contribution is -2.69. The molecule has 5 aliphatic carbocycles. The topological polar surface area (TPSA) is 239 Å². The van der Waals surface area contributed by atoms with Gasteiger partial charge in [0.25, 0.3) is 0 Å². The van der Waals surface area contributed by atoms with E-state index >= 15 is 0 Å². The highest BCUT2D eigenvalue weighted by Gasteiger charge is 2.70. The number of aliphatic hydroxyl groups is 10. The van der Waals surface area contributed by atoms with Crippen LogP contribution in [0.4, 0.5) is 0 Å². The summed E-state index contributed by atoms with van der Waals surface area (Å²) in [4.78, 5) is 0. The average Bonchev–Trinajstić information content (AvgIpc) is 3.13. The molecule has 6 fully saturated rings. The first-order valence-corrected chi connectivity index (χ1v) is 20.7. The molecule has 21 atom stereocenters. The molecule has 0 bridgehead atoms. The van der Waals surface area contributed by atoms with Gasteiger partial charge in [-0.05, 0) is 98.2 Å². The quantitative estimate of drug-likeness (QED) is 0.124. The number of fused-ring (bicyclic) bond motifs is 7. The Morgan fingerprint density at radius 3 is 2.04 bits per heavy atom. The average molecular weight is 785 g/mol. The van der Waals surface area contributed by atoms with E-state index in [2.05, 4.69) is 33.8 Å². The molecular formula is C41H68O14. The fourth-order valence-corrected chi connectivity index (χ4v) is 13.5. The molecule has 2 saturated heterocycles. The Hall–Kier alpha value is -0.820. The molecule has 0 aromatic carbocycles. The molecule has 10 N–H and O–H groups in total. The van der Waals surface area contributed by atoms with Gasteiger partial charge in [-0.25, -0.2) is 0 Å². The van der Waals surface area contributed by atoms with Gasteiger partial charge in [-0.1, -0.05) is 46.3 Å². The van der Waals surface area contributed by atoms with Gasteiger partial charge in [-0.3, -0.25) is 0 Å². The van der Waals surface area contributed by atoms with Gasteiger partial charge in [-0.2, -0.15) is 0 Å². The molecule has 4 saturated carbocycles. The maximum Gasteiger partial charge on any atom is 0.187 e. The minimum Gasteiger partial charge on any atom is -0.396 e. The molecule has 0 spiro atoms. The maximum atomic E-state index is 12.4. The summed E-state index contributed by atoms with van der Waals surface area (Å²) in [6.07, 6.45) is -8.76. The van der Waals surface area contributed by atoms with Crippen molar-refractivity contribution in [3.05, 3.63) is 11.6 Å². The number of ether oxygens (including phenoxy) is 4. The fourth-order valence-electron chi connectivity index (χ4n) is 13.5. The number of rotatable bonds is 7. The van der Waals surface area contributed by atoms with Gasteiger partial charge in [0.15, 0.2) is 12.6 Å². The fraction of sp³-hybridized carbons (Fsp3) is 0.951. The second kappa shape index (κ2) is 14.7. The largest absolute Gasteiger partial charge is 0.396 e. The summed E-state index contributed by atoms with van der Waals surface area (Å²) in [5.74, 6) is -0.0466. The van der Waals surface area contributed by atoms with Crippen molar-refractivity contribution in [2.45, 2.75) is 173 Å². The van der Waals surface area contributed by atoms with E-state index in [1.54, 1.807) is 6.92 Å². The lowest BCUT2D eigenvalue weighted by Gasteiger charge is -2.70. The molecular weight excluding hydrogens is 716 g/mol. The number of hydrogen-bond donors (Lipinski definition) is 10. The molecule has 316 valence electrons. The van der Waals surface area contributed by atoms with Crippen LogP contribution in [0.3, 0.4) is 0 Å². The van der Waals surface area contributed by atoms with E-state index < -0.39 is 103 Å². The highest BCUT2D eigenvalue weighted by molar-refractivity contribution is 5.33. The first kappa shape index (κ1) is 42.3. The van der Waals surface area contributed by atoms with Crippen LogP contribution >= 0.6 is 0 Å². The van der Waals surface area contributed by atoms with Crippen molar-refractivity contribution in [3.63, 3.8) is 0 Å². The van der Waals surface area contributed by atoms with Crippen LogP contribution in [-0.2, 0) is 18.9 Å². The van der Waals surface area contributed by atoms with Gasteiger partial charge >= 0.3 is 0 Å². The summed E-state index contributed by atoms with van der Waals surface area (Å²) in [6.45, 7) is 11.5. The van der Waals surface area contributed by atoms with Gasteiger partial charge in [0.1, 0.15) is 42.7 Å². The van der Waals surface area contributed by atoms with Crippen LogP contribution in [0.2, 0.25) is 0 Å². The Morgan fingerprint density at radius 2 is 1.38 bits per heavy atom. The van der Waals surface area contributed by atoms with Crippen LogP contribution in [0.15, 0.2) is 11.6 Å². The molecule has 2 heterocycles. The minimum atomic E-state index is -1.74. The van der Waals surface area contributed by atoms with Crippen LogP contribution < -0.4 is 0 Å². The van der Waals surface area contributed by atoms with E-state index in [9.17, 15) is 51.1 Å². The van der Waals surface area contributed by atoms with Crippen LogP contribution in [0, 0.1) is 50.7 Å². The molecule has 0 aromatic rings. The van der Waals surface area contributed by atoms with Gasteiger partial charge in [0.05, 0.1) is 44.2 Å². The molecule has 0 amide bonds. The standard InChI is InChI=1S/C41H68O14/c1-19-28(47)33(55-35-31(50)30(49)29(48)24(16-42)53-35)32(51)36(52-19)54-27-8-10-39(5)25(40(27,6)17-43)7-9-38(4)21-14-26(46)41(18-44)12-11-37(2,3)15-22(41)20(21)13-23(45)34(38)39/h15,19-21,23-36,42-51H,7-14,16-18H2,1-6H3/t19-,20-,21+,23-,24-,25-,26+,27+,28+,29-,30+,31-,32-,33+,34+,35+,36+,38+,39+,40+,41-/m1/s1. The number of hydrogen-bond acceptors (Lipinski definition) is 14. The van der Waals surface area contributed by atoms with Crippen LogP contribution in [0.25, 0.3) is 0 Å². The van der Waals surface area contributed by atoms with Gasteiger partial charge in [0, 0.05) is 10.8 Å². The highest BCUT2D eigenvalue weighted by Crippen LogP contribution is 2.72. The summed E-state index contributed by atoms with van der Waals surface area (Å²) in [5.41, 5.74) is -1.17. The summed E-state index contributed by atoms with van der Waals surface area (Å²) < 4.78 is 23.9. The van der Waals surface area contributed by atoms with Crippen molar-refractivity contribution in [3.8, 4) is 0 Å². The molecule has 0 aromatic heterocycles. The summed E-state index contributed by atoms with van der Waals surface area (Å²) in [7, 11) is 0. The Bertz CT molecular complexity index is 1430. The zero-order valence-electron chi connectivity index (χ0n) is 33.3. The third-order valence-corrected chi connectivity index (χ3v) is 16.6. The van der Waals surface area contributed by atoms with Crippen LogP contribution in [0.1, 0.15) is 92.9 Å². The molecule has 7 rings (SSSR count). The van der Waals surface area contributed by atoms with E-state index in [-0.39, 0.29) is 47.7 Å². The third-order valence-electron chi connectivity index (χ3n) is 16.6. The lowest BCUT2D eigenvalue weighted by molar-refractivity contribution is -0.368. The molecule has 55 heavy (non-hydrogen) atoms. The summed E-state index contributed by atoms with van der Waals surface area (Å²) >= 11 is 0. The summed E-state index contributed by atoms with van der Waals surface area (Å²) in [5, 5.41) is 110. The van der Waals surface area contributed by atoms with Crippen molar-refractivity contribution in [2.24, 2.45) is 50.7 Å². The predicted molar refractivity (Wildman–Crippen MR) is 196 cm³/mol. The second-order valence-electron chi connectivity index (χ2n) is 20.1. The second-order valence-corrected chi connectivity index (χ2v) is 20.1. The van der Waals surface area contributed by atoms with E-state index in [1.165, 1.54) is 0 Å². The SMILES string of the molecule is C[C@H]1O[C@@H](O[C@H]2CC[C@@]3(C)[C@@H](CC[C@]4(C)[C@@H]3[C@H](O)C[C@H]3C5=CC(C)(C)CC[C@]5(CO)[C@@H](O)C[C@@H]34)[C@]2(C)CO)[C@H](O)[C@@H](O[C@@H]2O[C@H](CO)[C@@H](O)[C@H](O)[C@H]2O)[C@H]1O. The Balaban J connectivity index is 1.12. The first-order chi connectivity index (χ1) is 25.7. The smallest absolute Gasteiger partial charge is 0.187 e. The van der Waals surface area contributed by atoms with Crippen LogP contribution in [0.5, 0.6) is 0 Å². The maximum absolute atomic E-state index is 12.4. The summed E-state index contributed by atoms with van der Waals surface area (Å²) in [6, 6.07) is 0. The monoisotopic (exact) mass is 784 g/mol. The molecule has 7 aliphatic rings. The zero-order valence-corrected chi connectivity index (χ0v) is 33.3. The normalized spacial score (nSPS) is 56.4. The van der Waals surface area contributed by atoms with Gasteiger partial charge in [0.2, 0.25) is 0 Å².